The average Bonchev–Trinajstić information content (AvgIpc) is 2.19. The second-order valence-corrected chi connectivity index (χ2v) is 4.93. The minimum atomic E-state index is -0.886. The largest absolute Gasteiger partial charge is 0.481 e. The normalized spacial score (nSPS) is 26.2. The molecule has 0 aromatic heterocycles. The topological polar surface area (TPSA) is 86.6 Å². The molecular weight excluding hydrogens is 222 g/mol. The van der Waals surface area contributed by atoms with Crippen LogP contribution in [0, 0.1) is 5.92 Å². The van der Waals surface area contributed by atoms with Crippen LogP contribution in [-0.4, -0.2) is 34.2 Å². The van der Waals surface area contributed by atoms with Crippen molar-refractivity contribution in [3.05, 3.63) is 0 Å². The highest BCUT2D eigenvalue weighted by Crippen LogP contribution is 2.18. The van der Waals surface area contributed by atoms with Gasteiger partial charge in [0.15, 0.2) is 0 Å². The summed E-state index contributed by atoms with van der Waals surface area (Å²) >= 11 is 0. The van der Waals surface area contributed by atoms with Crippen LogP contribution in [0.4, 0.5) is 0 Å². The van der Waals surface area contributed by atoms with Crippen LogP contribution in [0.5, 0.6) is 0 Å². The van der Waals surface area contributed by atoms with Crippen molar-refractivity contribution < 1.29 is 19.8 Å². The van der Waals surface area contributed by atoms with Gasteiger partial charge in [-0.05, 0) is 18.8 Å². The maximum absolute atomic E-state index is 11.6. The minimum Gasteiger partial charge on any atom is -0.481 e. The van der Waals surface area contributed by atoms with E-state index in [1.165, 1.54) is 0 Å². The molecule has 0 spiro atoms. The van der Waals surface area contributed by atoms with Gasteiger partial charge in [-0.25, -0.2) is 0 Å². The van der Waals surface area contributed by atoms with Gasteiger partial charge in [-0.15, -0.1) is 0 Å². The summed E-state index contributed by atoms with van der Waals surface area (Å²) in [5.41, 5.74) is 0. The van der Waals surface area contributed by atoms with Crippen LogP contribution in [-0.2, 0) is 9.59 Å². The molecule has 1 fully saturated rings. The summed E-state index contributed by atoms with van der Waals surface area (Å²) < 4.78 is 0. The Kier molecular flexibility index (Phi) is 5.41. The molecule has 1 amide bonds. The maximum atomic E-state index is 11.6. The zero-order chi connectivity index (χ0) is 12.8. The Morgan fingerprint density at radius 2 is 1.94 bits per heavy atom. The Balaban J connectivity index is 2.30. The highest BCUT2D eigenvalue weighted by atomic mass is 16.4. The molecule has 5 heteroatoms. The molecule has 98 valence electrons. The SMILES string of the molecule is CC(CC(=O)O)CC(=O)NC1CCCCC1O. The number of carbonyl (C=O) groups is 2. The third-order valence-electron chi connectivity index (χ3n) is 3.13. The van der Waals surface area contributed by atoms with Gasteiger partial charge in [-0.2, -0.15) is 0 Å². The number of carbonyl (C=O) groups excluding carboxylic acids is 1. The average molecular weight is 243 g/mol. The van der Waals surface area contributed by atoms with E-state index in [0.29, 0.717) is 0 Å². The molecule has 0 aliphatic heterocycles. The van der Waals surface area contributed by atoms with Crippen molar-refractivity contribution in [3.8, 4) is 0 Å². The number of nitrogens with one attached hydrogen (secondary N) is 1. The maximum Gasteiger partial charge on any atom is 0.303 e. The van der Waals surface area contributed by atoms with E-state index in [0.717, 1.165) is 25.7 Å². The van der Waals surface area contributed by atoms with Gasteiger partial charge >= 0.3 is 5.97 Å². The number of carboxylic acid groups (broad SMARTS) is 1. The fourth-order valence-corrected chi connectivity index (χ4v) is 2.23. The zero-order valence-electron chi connectivity index (χ0n) is 10.2. The lowest BCUT2D eigenvalue weighted by Gasteiger charge is -2.28. The number of aliphatic carboxylic acids is 1. The van der Waals surface area contributed by atoms with E-state index in [1.54, 1.807) is 6.92 Å². The van der Waals surface area contributed by atoms with Gasteiger partial charge in [0.25, 0.3) is 0 Å². The number of hydrogen-bond donors (Lipinski definition) is 3. The third-order valence-corrected chi connectivity index (χ3v) is 3.13. The molecule has 1 aliphatic carbocycles. The van der Waals surface area contributed by atoms with E-state index >= 15 is 0 Å². The monoisotopic (exact) mass is 243 g/mol. The van der Waals surface area contributed by atoms with E-state index in [4.69, 9.17) is 5.11 Å². The predicted molar refractivity (Wildman–Crippen MR) is 62.4 cm³/mol. The molecule has 0 aromatic carbocycles. The number of aliphatic hydroxyl groups is 1. The predicted octanol–water partition coefficient (Wildman–Crippen LogP) is 0.907. The molecule has 0 saturated heterocycles. The Labute approximate surface area is 101 Å². The number of amides is 1. The van der Waals surface area contributed by atoms with Crippen molar-refractivity contribution >= 4 is 11.9 Å². The lowest BCUT2D eigenvalue weighted by molar-refractivity contribution is -0.138. The summed E-state index contributed by atoms with van der Waals surface area (Å²) in [6, 6.07) is -0.159. The highest BCUT2D eigenvalue weighted by Gasteiger charge is 2.25. The zero-order valence-corrected chi connectivity index (χ0v) is 10.2. The van der Waals surface area contributed by atoms with Crippen molar-refractivity contribution in [3.63, 3.8) is 0 Å². The molecule has 1 saturated carbocycles. The lowest BCUT2D eigenvalue weighted by Crippen LogP contribution is -2.45. The molecule has 17 heavy (non-hydrogen) atoms. The first kappa shape index (κ1) is 14.0. The summed E-state index contributed by atoms with van der Waals surface area (Å²) in [7, 11) is 0. The molecule has 1 rings (SSSR count). The molecule has 1 aliphatic rings. The van der Waals surface area contributed by atoms with Crippen LogP contribution in [0.3, 0.4) is 0 Å². The van der Waals surface area contributed by atoms with Gasteiger partial charge in [0.1, 0.15) is 0 Å². The Morgan fingerprint density at radius 3 is 2.53 bits per heavy atom. The third kappa shape index (κ3) is 5.17. The smallest absolute Gasteiger partial charge is 0.303 e. The highest BCUT2D eigenvalue weighted by molar-refractivity contribution is 5.77. The molecular formula is C12H21NO4. The van der Waals surface area contributed by atoms with Gasteiger partial charge in [-0.3, -0.25) is 9.59 Å². The first-order chi connectivity index (χ1) is 7.99. The van der Waals surface area contributed by atoms with Crippen molar-refractivity contribution in [2.45, 2.75) is 57.6 Å². The molecule has 3 atom stereocenters. The van der Waals surface area contributed by atoms with E-state index in [1.807, 2.05) is 0 Å². The summed E-state index contributed by atoms with van der Waals surface area (Å²) in [5, 5.41) is 21.1. The lowest BCUT2D eigenvalue weighted by atomic mass is 9.92. The van der Waals surface area contributed by atoms with Crippen molar-refractivity contribution in [2.24, 2.45) is 5.92 Å². The number of rotatable bonds is 5. The van der Waals surface area contributed by atoms with Crippen LogP contribution in [0.15, 0.2) is 0 Å². The second kappa shape index (κ2) is 6.59. The quantitative estimate of drug-likeness (QED) is 0.669. The molecule has 0 bridgehead atoms. The molecule has 5 nitrogen and oxygen atoms in total. The van der Waals surface area contributed by atoms with Gasteiger partial charge in [-0.1, -0.05) is 19.8 Å². The first-order valence-corrected chi connectivity index (χ1v) is 6.18. The Morgan fingerprint density at radius 1 is 1.29 bits per heavy atom. The van der Waals surface area contributed by atoms with Crippen molar-refractivity contribution in [1.29, 1.82) is 0 Å². The summed E-state index contributed by atoms with van der Waals surface area (Å²) in [5.74, 6) is -1.22. The fourth-order valence-electron chi connectivity index (χ4n) is 2.23. The summed E-state index contributed by atoms with van der Waals surface area (Å²) in [4.78, 5) is 22.1. The molecule has 0 heterocycles. The van der Waals surface area contributed by atoms with Crippen LogP contribution < -0.4 is 5.32 Å². The Bertz CT molecular complexity index is 280. The van der Waals surface area contributed by atoms with Gasteiger partial charge in [0.05, 0.1) is 12.1 Å². The van der Waals surface area contributed by atoms with Crippen LogP contribution in [0.2, 0.25) is 0 Å². The molecule has 3 unspecified atom stereocenters. The standard InChI is InChI=1S/C12H21NO4/c1-8(7-12(16)17)6-11(15)13-9-4-2-3-5-10(9)14/h8-10,14H,2-7H2,1H3,(H,13,15)(H,16,17). The number of hydrogen-bond acceptors (Lipinski definition) is 3. The van der Waals surface area contributed by atoms with E-state index < -0.39 is 12.1 Å². The van der Waals surface area contributed by atoms with Crippen LogP contribution in [0.25, 0.3) is 0 Å². The Hall–Kier alpha value is -1.10. The minimum absolute atomic E-state index is 0.000635. The van der Waals surface area contributed by atoms with Crippen LogP contribution in [0.1, 0.15) is 45.4 Å². The van der Waals surface area contributed by atoms with E-state index in [2.05, 4.69) is 5.32 Å². The number of carboxylic acids is 1. The van der Waals surface area contributed by atoms with E-state index in [9.17, 15) is 14.7 Å². The van der Waals surface area contributed by atoms with Crippen molar-refractivity contribution in [1.82, 2.24) is 5.32 Å². The van der Waals surface area contributed by atoms with Gasteiger partial charge in [0.2, 0.25) is 5.91 Å². The summed E-state index contributed by atoms with van der Waals surface area (Å²) in [6.07, 6.45) is 3.31. The summed E-state index contributed by atoms with van der Waals surface area (Å²) in [6.45, 7) is 1.74. The second-order valence-electron chi connectivity index (χ2n) is 4.93. The fraction of sp³-hybridized carbons (Fsp3) is 0.833. The first-order valence-electron chi connectivity index (χ1n) is 6.18. The molecule has 3 N–H and O–H groups in total. The molecule has 0 radical (unpaired) electrons. The number of aliphatic hydroxyl groups excluding tert-OH is 1. The molecule has 0 aromatic rings. The van der Waals surface area contributed by atoms with Crippen LogP contribution >= 0.6 is 0 Å². The van der Waals surface area contributed by atoms with Gasteiger partial charge < -0.3 is 15.5 Å². The van der Waals surface area contributed by atoms with E-state index in [-0.39, 0.29) is 30.7 Å². The van der Waals surface area contributed by atoms with Crippen molar-refractivity contribution in [2.75, 3.05) is 0 Å². The van der Waals surface area contributed by atoms with Gasteiger partial charge in [0, 0.05) is 12.8 Å².